The van der Waals surface area contributed by atoms with Gasteiger partial charge in [-0.1, -0.05) is 16.8 Å². The molecule has 20 heavy (non-hydrogen) atoms. The molecule has 0 saturated heterocycles. The molecule has 5 nitrogen and oxygen atoms in total. The maximum atomic E-state index is 6.11. The zero-order valence-electron chi connectivity index (χ0n) is 10.0. The van der Waals surface area contributed by atoms with Crippen LogP contribution in [0.3, 0.4) is 0 Å². The lowest BCUT2D eigenvalue weighted by Gasteiger charge is -1.99. The SMILES string of the molecule is Nc1ccc(Cl)c(-c2nc(-c3cncc(Br)c3)no2)c1. The number of benzene rings is 1. The van der Waals surface area contributed by atoms with E-state index in [0.29, 0.717) is 28.0 Å². The average molecular weight is 352 g/mol. The Labute approximate surface area is 127 Å². The van der Waals surface area contributed by atoms with Crippen molar-refractivity contribution in [3.05, 3.63) is 46.2 Å². The molecule has 0 radical (unpaired) electrons. The van der Waals surface area contributed by atoms with E-state index in [0.717, 1.165) is 10.0 Å². The van der Waals surface area contributed by atoms with Gasteiger partial charge in [0.25, 0.3) is 5.89 Å². The van der Waals surface area contributed by atoms with Gasteiger partial charge in [-0.3, -0.25) is 4.98 Å². The first-order chi connectivity index (χ1) is 9.63. The van der Waals surface area contributed by atoms with E-state index < -0.39 is 0 Å². The Hall–Kier alpha value is -1.92. The molecule has 0 bridgehead atoms. The quantitative estimate of drug-likeness (QED) is 0.711. The number of hydrogen-bond donors (Lipinski definition) is 1. The van der Waals surface area contributed by atoms with Crippen LogP contribution >= 0.6 is 27.5 Å². The molecule has 100 valence electrons. The third-order valence-corrected chi connectivity index (χ3v) is 3.37. The summed E-state index contributed by atoms with van der Waals surface area (Å²) in [5, 5.41) is 4.43. The van der Waals surface area contributed by atoms with E-state index in [4.69, 9.17) is 21.9 Å². The number of nitrogens with two attached hydrogens (primary N) is 1. The first-order valence-electron chi connectivity index (χ1n) is 5.63. The Kier molecular flexibility index (Phi) is 3.42. The molecule has 1 aromatic carbocycles. The van der Waals surface area contributed by atoms with Crippen LogP contribution in [0.1, 0.15) is 0 Å². The fraction of sp³-hybridized carbons (Fsp3) is 0. The topological polar surface area (TPSA) is 77.8 Å². The van der Waals surface area contributed by atoms with E-state index in [1.807, 2.05) is 6.07 Å². The van der Waals surface area contributed by atoms with Crippen LogP contribution in [0.2, 0.25) is 5.02 Å². The second-order valence-corrected chi connectivity index (χ2v) is 5.38. The van der Waals surface area contributed by atoms with Gasteiger partial charge in [-0.25, -0.2) is 0 Å². The van der Waals surface area contributed by atoms with Gasteiger partial charge < -0.3 is 10.3 Å². The van der Waals surface area contributed by atoms with Gasteiger partial charge in [0.2, 0.25) is 5.82 Å². The smallest absolute Gasteiger partial charge is 0.259 e. The van der Waals surface area contributed by atoms with Crippen molar-refractivity contribution in [3.8, 4) is 22.8 Å². The monoisotopic (exact) mass is 350 g/mol. The molecule has 0 fully saturated rings. The Morgan fingerprint density at radius 2 is 2.05 bits per heavy atom. The lowest BCUT2D eigenvalue weighted by atomic mass is 10.2. The third-order valence-electron chi connectivity index (χ3n) is 2.61. The zero-order valence-corrected chi connectivity index (χ0v) is 12.4. The fourth-order valence-corrected chi connectivity index (χ4v) is 2.25. The van der Waals surface area contributed by atoms with Crippen molar-refractivity contribution >= 4 is 33.2 Å². The van der Waals surface area contributed by atoms with Crippen LogP contribution in [0.15, 0.2) is 45.7 Å². The normalized spacial score (nSPS) is 10.7. The highest BCUT2D eigenvalue weighted by Crippen LogP contribution is 2.30. The predicted octanol–water partition coefficient (Wildman–Crippen LogP) is 3.80. The van der Waals surface area contributed by atoms with Gasteiger partial charge in [-0.2, -0.15) is 4.98 Å². The van der Waals surface area contributed by atoms with E-state index in [2.05, 4.69) is 31.1 Å². The lowest BCUT2D eigenvalue weighted by molar-refractivity contribution is 0.432. The van der Waals surface area contributed by atoms with Crippen LogP contribution in [0, 0.1) is 0 Å². The summed E-state index contributed by atoms with van der Waals surface area (Å²) in [6.07, 6.45) is 3.33. The van der Waals surface area contributed by atoms with E-state index in [9.17, 15) is 0 Å². The van der Waals surface area contributed by atoms with Crippen LogP contribution in [-0.4, -0.2) is 15.1 Å². The first kappa shape index (κ1) is 13.1. The number of halogens is 2. The van der Waals surface area contributed by atoms with Crippen molar-refractivity contribution in [2.45, 2.75) is 0 Å². The predicted molar refractivity (Wildman–Crippen MR) is 80.1 cm³/mol. The highest BCUT2D eigenvalue weighted by molar-refractivity contribution is 9.10. The second-order valence-electron chi connectivity index (χ2n) is 4.05. The lowest BCUT2D eigenvalue weighted by Crippen LogP contribution is -1.87. The standard InChI is InChI=1S/C13H8BrClN4O/c14-8-3-7(5-17-6-8)12-18-13(20-19-12)10-4-9(16)1-2-11(10)15/h1-6H,16H2. The molecule has 0 saturated carbocycles. The summed E-state index contributed by atoms with van der Waals surface area (Å²) in [5.74, 6) is 0.754. The summed E-state index contributed by atoms with van der Waals surface area (Å²) < 4.78 is 6.07. The van der Waals surface area contributed by atoms with Crippen LogP contribution < -0.4 is 5.73 Å². The Balaban J connectivity index is 2.04. The maximum Gasteiger partial charge on any atom is 0.259 e. The Morgan fingerprint density at radius 1 is 1.20 bits per heavy atom. The van der Waals surface area contributed by atoms with Crippen molar-refractivity contribution in [2.75, 3.05) is 5.73 Å². The summed E-state index contributed by atoms with van der Waals surface area (Å²) in [5.41, 5.74) is 7.66. The van der Waals surface area contributed by atoms with Crippen molar-refractivity contribution < 1.29 is 4.52 Å². The Bertz CT molecular complexity index is 775. The molecule has 3 rings (SSSR count). The minimum Gasteiger partial charge on any atom is -0.399 e. The van der Waals surface area contributed by atoms with E-state index in [-0.39, 0.29) is 0 Å². The molecule has 0 atom stereocenters. The molecular weight excluding hydrogens is 344 g/mol. The van der Waals surface area contributed by atoms with Gasteiger partial charge >= 0.3 is 0 Å². The minimum atomic E-state index is 0.317. The number of pyridine rings is 1. The van der Waals surface area contributed by atoms with Crippen molar-refractivity contribution in [3.63, 3.8) is 0 Å². The first-order valence-corrected chi connectivity index (χ1v) is 6.80. The third kappa shape index (κ3) is 2.52. The molecule has 2 heterocycles. The average Bonchev–Trinajstić information content (AvgIpc) is 2.91. The van der Waals surface area contributed by atoms with Gasteiger partial charge in [0.15, 0.2) is 0 Å². The highest BCUT2D eigenvalue weighted by atomic mass is 79.9. The summed E-state index contributed by atoms with van der Waals surface area (Å²) in [4.78, 5) is 8.37. The van der Waals surface area contributed by atoms with Gasteiger partial charge in [-0.05, 0) is 40.2 Å². The van der Waals surface area contributed by atoms with Gasteiger partial charge in [-0.15, -0.1) is 0 Å². The van der Waals surface area contributed by atoms with Gasteiger partial charge in [0, 0.05) is 28.1 Å². The summed E-state index contributed by atoms with van der Waals surface area (Å²) in [6.45, 7) is 0. The zero-order chi connectivity index (χ0) is 14.1. The highest BCUT2D eigenvalue weighted by Gasteiger charge is 2.14. The van der Waals surface area contributed by atoms with Crippen LogP contribution in [-0.2, 0) is 0 Å². The molecule has 2 aromatic heterocycles. The van der Waals surface area contributed by atoms with E-state index in [1.54, 1.807) is 30.6 Å². The van der Waals surface area contributed by atoms with Crippen molar-refractivity contribution in [1.29, 1.82) is 0 Å². The number of aromatic nitrogens is 3. The molecule has 0 unspecified atom stereocenters. The summed E-state index contributed by atoms with van der Waals surface area (Å²) >= 11 is 9.45. The molecule has 0 amide bonds. The van der Waals surface area contributed by atoms with Crippen LogP contribution in [0.25, 0.3) is 22.8 Å². The second kappa shape index (κ2) is 5.22. The molecule has 0 spiro atoms. The number of nitrogens with zero attached hydrogens (tertiary/aromatic N) is 3. The summed E-state index contributed by atoms with van der Waals surface area (Å²) in [7, 11) is 0. The molecule has 0 aliphatic heterocycles. The van der Waals surface area contributed by atoms with Crippen LogP contribution in [0.5, 0.6) is 0 Å². The minimum absolute atomic E-state index is 0.317. The largest absolute Gasteiger partial charge is 0.399 e. The van der Waals surface area contributed by atoms with E-state index in [1.165, 1.54) is 0 Å². The van der Waals surface area contributed by atoms with Gasteiger partial charge in [0.05, 0.1) is 10.6 Å². The molecule has 0 aliphatic rings. The van der Waals surface area contributed by atoms with Crippen LogP contribution in [0.4, 0.5) is 5.69 Å². The Morgan fingerprint density at radius 3 is 2.85 bits per heavy atom. The molecular formula is C13H8BrClN4O. The number of rotatable bonds is 2. The number of anilines is 1. The van der Waals surface area contributed by atoms with Gasteiger partial charge in [0.1, 0.15) is 0 Å². The summed E-state index contributed by atoms with van der Waals surface area (Å²) in [6, 6.07) is 6.94. The fourth-order valence-electron chi connectivity index (χ4n) is 1.69. The van der Waals surface area contributed by atoms with Crippen molar-refractivity contribution in [2.24, 2.45) is 0 Å². The maximum absolute atomic E-state index is 6.11. The number of nitrogen functional groups attached to an aromatic ring is 1. The molecule has 7 heteroatoms. The van der Waals surface area contributed by atoms with Crippen molar-refractivity contribution in [1.82, 2.24) is 15.1 Å². The molecule has 0 aliphatic carbocycles. The van der Waals surface area contributed by atoms with E-state index >= 15 is 0 Å². The number of hydrogen-bond acceptors (Lipinski definition) is 5. The molecule has 3 aromatic rings. The molecule has 2 N–H and O–H groups in total.